The fourth-order valence-electron chi connectivity index (χ4n) is 10.7. The van der Waals surface area contributed by atoms with Crippen LogP contribution in [0.2, 0.25) is 0 Å². The maximum absolute atomic E-state index is 14.2. The number of alkyl carbamates (subject to hydrolysis) is 1. The van der Waals surface area contributed by atoms with E-state index in [1.54, 1.807) is 63.2 Å². The van der Waals surface area contributed by atoms with E-state index < -0.39 is 88.7 Å². The number of urea groups is 1. The van der Waals surface area contributed by atoms with E-state index in [1.807, 2.05) is 116 Å². The molecule has 1 heterocycles. The molecule has 0 saturated carbocycles. The Balaban J connectivity index is 1.15. The quantitative estimate of drug-likeness (QED) is 0.0208. The molecule has 1 aliphatic heterocycles. The molecule has 4 aromatic carbocycles. The third-order valence-electron chi connectivity index (χ3n) is 16.1. The molecule has 9 amide bonds. The molecule has 0 spiro atoms. The molecule has 0 bridgehead atoms. The van der Waals surface area contributed by atoms with Crippen LogP contribution in [-0.4, -0.2) is 114 Å². The lowest BCUT2D eigenvalue weighted by atomic mass is 9.76. The van der Waals surface area contributed by atoms with Crippen molar-refractivity contribution in [2.45, 2.75) is 170 Å². The van der Waals surface area contributed by atoms with Crippen molar-refractivity contribution in [3.63, 3.8) is 0 Å². The Bertz CT molecular complexity index is 3170. The number of aliphatic carboxylic acids is 1. The van der Waals surface area contributed by atoms with E-state index in [1.165, 1.54) is 11.8 Å². The number of carboxylic acids is 1. The van der Waals surface area contributed by atoms with Crippen molar-refractivity contribution >= 4 is 64.9 Å². The van der Waals surface area contributed by atoms with E-state index in [-0.39, 0.29) is 68.7 Å². The number of fused-ring (bicyclic) bond motifs is 2. The van der Waals surface area contributed by atoms with Crippen LogP contribution in [0.4, 0.5) is 21.0 Å². The molecular weight excluding hydrogens is 1120 g/mol. The summed E-state index contributed by atoms with van der Waals surface area (Å²) in [6.07, 6.45) is 2.58. The fraction of sp³-hybridized carbons (Fsp3) is 0.478. The summed E-state index contributed by atoms with van der Waals surface area (Å²) in [7, 11) is 3.30. The van der Waals surface area contributed by atoms with Gasteiger partial charge in [0.25, 0.3) is 0 Å². The third kappa shape index (κ3) is 19.7. The molecule has 5 atom stereocenters. The van der Waals surface area contributed by atoms with Gasteiger partial charge in [-0.2, -0.15) is 0 Å². The summed E-state index contributed by atoms with van der Waals surface area (Å²) in [5.41, 5.74) is 11.4. The summed E-state index contributed by atoms with van der Waals surface area (Å²) < 4.78 is 5.53. The molecule has 5 rings (SSSR count). The maximum Gasteiger partial charge on any atom is 0.407 e. The molecular formula is C67H92N10O11. The first-order chi connectivity index (χ1) is 41.4. The lowest BCUT2D eigenvalue weighted by Gasteiger charge is -2.40. The Morgan fingerprint density at radius 3 is 1.99 bits per heavy atom. The number of amides is 9. The highest BCUT2D eigenvalue weighted by molar-refractivity contribution is 5.99. The van der Waals surface area contributed by atoms with Crippen LogP contribution in [0.15, 0.2) is 103 Å². The number of anilines is 2. The number of hydrogen-bond donors (Lipinski definition) is 9. The first-order valence-electron chi connectivity index (χ1n) is 30.1. The number of hydrogen-bond acceptors (Lipinski definition) is 11. The van der Waals surface area contributed by atoms with Crippen molar-refractivity contribution in [2.75, 3.05) is 30.9 Å². The number of likely N-dealkylation sites (N-methyl/N-ethyl adjacent to an activating group) is 2. The molecule has 0 aliphatic carbocycles. The number of benzene rings is 4. The topological polar surface area (TPSA) is 300 Å². The van der Waals surface area contributed by atoms with E-state index in [9.17, 15) is 48.3 Å². The van der Waals surface area contributed by atoms with Crippen LogP contribution >= 0.6 is 0 Å². The van der Waals surface area contributed by atoms with E-state index in [0.29, 0.717) is 17.8 Å². The normalized spacial score (nSPS) is 14.3. The lowest BCUT2D eigenvalue weighted by molar-refractivity contribution is -0.141. The van der Waals surface area contributed by atoms with Crippen molar-refractivity contribution in [1.82, 2.24) is 36.8 Å². The second-order valence-electron chi connectivity index (χ2n) is 25.0. The number of ether oxygens (including phenoxy) is 1. The van der Waals surface area contributed by atoms with Crippen LogP contribution in [0.5, 0.6) is 0 Å². The van der Waals surface area contributed by atoms with Gasteiger partial charge in [0.05, 0.1) is 18.6 Å². The fourth-order valence-corrected chi connectivity index (χ4v) is 10.7. The smallest absolute Gasteiger partial charge is 0.407 e. The zero-order valence-electron chi connectivity index (χ0n) is 53.4. The SMILES string of the molecule is CN[C@@H](C(=O)N[C@H](C(=O)N(C)[C@@H](/C=C(\C)C(=O)O)C(C)C)C(C)(C)C)C(C)(C)c1ccc(CNC(=O)OCc2ccc(NC(=O)[C@H](CCCNC(N)=O)NC(=O)[C@@H](NC(=O)CCC(=O)N3Cc4ccccc4CCc4ccccc43)C(C)C)cc2)c(C)c1. The van der Waals surface area contributed by atoms with Gasteiger partial charge in [0.15, 0.2) is 0 Å². The zero-order chi connectivity index (χ0) is 65.2. The van der Waals surface area contributed by atoms with E-state index in [0.717, 1.165) is 51.9 Å². The minimum Gasteiger partial charge on any atom is -0.478 e. The van der Waals surface area contributed by atoms with Gasteiger partial charge in [-0.15, -0.1) is 0 Å². The number of aryl methyl sites for hydroxylation is 3. The van der Waals surface area contributed by atoms with Gasteiger partial charge in [-0.3, -0.25) is 28.8 Å². The van der Waals surface area contributed by atoms with Gasteiger partial charge in [0, 0.05) is 55.3 Å². The molecule has 10 N–H and O–H groups in total. The molecule has 0 unspecified atom stereocenters. The Kier molecular flexibility index (Phi) is 25.4. The Hall–Kier alpha value is -8.59. The number of nitrogens with zero attached hydrogens (tertiary/aromatic N) is 2. The Morgan fingerprint density at radius 2 is 1.39 bits per heavy atom. The molecule has 0 saturated heterocycles. The Labute approximate surface area is 518 Å². The first-order valence-corrected chi connectivity index (χ1v) is 30.1. The first kappa shape index (κ1) is 70.2. The van der Waals surface area contributed by atoms with Gasteiger partial charge >= 0.3 is 18.1 Å². The second-order valence-corrected chi connectivity index (χ2v) is 25.0. The van der Waals surface area contributed by atoms with E-state index in [4.69, 9.17) is 10.5 Å². The summed E-state index contributed by atoms with van der Waals surface area (Å²) >= 11 is 0. The summed E-state index contributed by atoms with van der Waals surface area (Å²) in [6.45, 7) is 20.7. The third-order valence-corrected chi connectivity index (χ3v) is 16.1. The van der Waals surface area contributed by atoms with E-state index >= 15 is 0 Å². The highest BCUT2D eigenvalue weighted by Crippen LogP contribution is 2.32. The van der Waals surface area contributed by atoms with Crippen LogP contribution < -0.4 is 47.9 Å². The van der Waals surface area contributed by atoms with Gasteiger partial charge in [-0.05, 0) is 121 Å². The molecule has 0 radical (unpaired) electrons. The molecule has 0 fully saturated rings. The van der Waals surface area contributed by atoms with Crippen LogP contribution in [-0.2, 0) is 76.3 Å². The van der Waals surface area contributed by atoms with Crippen molar-refractivity contribution < 1.29 is 53.0 Å². The highest BCUT2D eigenvalue weighted by atomic mass is 16.5. The van der Waals surface area contributed by atoms with E-state index in [2.05, 4.69) is 43.3 Å². The number of nitrogens with one attached hydrogen (secondary N) is 7. The number of carboxylic acid groups (broad SMARTS) is 1. The number of rotatable bonds is 27. The predicted molar refractivity (Wildman–Crippen MR) is 340 cm³/mol. The summed E-state index contributed by atoms with van der Waals surface area (Å²) in [6, 6.07) is 22.9. The molecule has 4 aromatic rings. The summed E-state index contributed by atoms with van der Waals surface area (Å²) in [5, 5.41) is 29.4. The monoisotopic (exact) mass is 1210 g/mol. The molecule has 476 valence electrons. The van der Waals surface area contributed by atoms with Crippen LogP contribution in [0.3, 0.4) is 0 Å². The maximum atomic E-state index is 14.2. The molecule has 0 aromatic heterocycles. The molecule has 21 heteroatoms. The number of primary amides is 1. The standard InChI is InChI=1S/C67H92N10O11/c1-40(2)53(36-43(6)63(84)85)76(13)62(83)58(66(7,8)9)75-61(82)57(69-12)67(10,11)49-29-28-47(42(5)35-49)37-71-65(87)88-39-44-24-30-50(31-25-44)72-59(80)51(22-18-34-70-64(68)86)73-60(81)56(41(3)4)74-54(78)32-33-55(79)77-38-48-21-15-14-19-45(48)26-27-46-20-16-17-23-52(46)77/h14-17,19-21,23-25,28-31,35-36,40-41,51,53,56-58,69H,18,22,26-27,32-34,37-39H2,1-13H3,(H,71,87)(H,72,80)(H,73,81)(H,74,78)(H,75,82)(H,84,85)(H3,68,70,86)/b43-36+/t51-,53-,56-,57-,58+/m0/s1. The average Bonchev–Trinajstić information content (AvgIpc) is 0.971. The average molecular weight is 1210 g/mol. The molecule has 21 nitrogen and oxygen atoms in total. The van der Waals surface area contributed by atoms with Crippen LogP contribution in [0, 0.1) is 24.2 Å². The van der Waals surface area contributed by atoms with Gasteiger partial charge in [0.2, 0.25) is 35.4 Å². The largest absolute Gasteiger partial charge is 0.478 e. The van der Waals surface area contributed by atoms with Gasteiger partial charge in [-0.1, -0.05) is 141 Å². The van der Waals surface area contributed by atoms with Crippen LogP contribution in [0.1, 0.15) is 134 Å². The van der Waals surface area contributed by atoms with Crippen LogP contribution in [0.25, 0.3) is 0 Å². The minimum absolute atomic E-state index is 0.0971. The van der Waals surface area contributed by atoms with Gasteiger partial charge < -0.3 is 62.6 Å². The number of carbonyl (C=O) groups is 9. The highest BCUT2D eigenvalue weighted by Gasteiger charge is 2.42. The van der Waals surface area contributed by atoms with Gasteiger partial charge in [-0.25, -0.2) is 14.4 Å². The van der Waals surface area contributed by atoms with Gasteiger partial charge in [0.1, 0.15) is 24.7 Å². The summed E-state index contributed by atoms with van der Waals surface area (Å²) in [4.78, 5) is 123. The lowest BCUT2D eigenvalue weighted by Crippen LogP contribution is -2.61. The second kappa shape index (κ2) is 31.9. The molecule has 1 aliphatic rings. The zero-order valence-corrected chi connectivity index (χ0v) is 53.4. The van der Waals surface area contributed by atoms with Crippen molar-refractivity contribution in [2.24, 2.45) is 23.0 Å². The van der Waals surface area contributed by atoms with Crippen molar-refractivity contribution in [3.05, 3.63) is 142 Å². The van der Waals surface area contributed by atoms with Crippen molar-refractivity contribution in [1.29, 1.82) is 0 Å². The minimum atomic E-state index is -1.10. The Morgan fingerprint density at radius 1 is 0.750 bits per heavy atom. The summed E-state index contributed by atoms with van der Waals surface area (Å²) in [5.74, 6) is -4.24. The molecule has 88 heavy (non-hydrogen) atoms. The number of carbonyl (C=O) groups excluding carboxylic acids is 8. The number of nitrogens with two attached hydrogens (primary N) is 1. The number of para-hydroxylation sites is 1. The van der Waals surface area contributed by atoms with Crippen molar-refractivity contribution in [3.8, 4) is 0 Å². The predicted octanol–water partition coefficient (Wildman–Crippen LogP) is 7.46.